The Morgan fingerprint density at radius 3 is 2.52 bits per heavy atom. The van der Waals surface area contributed by atoms with Crippen molar-refractivity contribution in [3.05, 3.63) is 53.6 Å². The van der Waals surface area contributed by atoms with Crippen LogP contribution in [0.25, 0.3) is 0 Å². The fourth-order valence-corrected chi connectivity index (χ4v) is 2.15. The summed E-state index contributed by atoms with van der Waals surface area (Å²) in [6, 6.07) is 12.7. The molecule has 0 saturated heterocycles. The van der Waals surface area contributed by atoms with E-state index in [4.69, 9.17) is 14.2 Å². The van der Waals surface area contributed by atoms with Gasteiger partial charge in [0.05, 0.1) is 20.8 Å². The molecule has 1 amide bonds. The van der Waals surface area contributed by atoms with Crippen LogP contribution < -0.4 is 19.5 Å². The van der Waals surface area contributed by atoms with Crippen LogP contribution >= 0.6 is 0 Å². The van der Waals surface area contributed by atoms with Gasteiger partial charge in [0, 0.05) is 11.6 Å². The number of methoxy groups -OCH3 is 2. The molecule has 0 unspecified atom stereocenters. The second kappa shape index (κ2) is 8.08. The molecule has 1 N–H and O–H groups in total. The number of carbonyl (C=O) groups excluding carboxylic acids is 1. The van der Waals surface area contributed by atoms with Crippen molar-refractivity contribution in [3.8, 4) is 17.2 Å². The van der Waals surface area contributed by atoms with E-state index in [0.29, 0.717) is 24.5 Å². The highest BCUT2D eigenvalue weighted by molar-refractivity contribution is 5.94. The summed E-state index contributed by atoms with van der Waals surface area (Å²) in [6.07, 6.45) is 0. The molecule has 2 aromatic carbocycles. The summed E-state index contributed by atoms with van der Waals surface area (Å²) >= 11 is 0. The van der Waals surface area contributed by atoms with Crippen LogP contribution in [0.2, 0.25) is 0 Å². The normalized spacial score (nSPS) is 10.0. The van der Waals surface area contributed by atoms with Crippen LogP contribution in [0, 0.1) is 6.92 Å². The third-order valence-corrected chi connectivity index (χ3v) is 3.35. The van der Waals surface area contributed by atoms with E-state index in [9.17, 15) is 4.79 Å². The number of amides is 1. The van der Waals surface area contributed by atoms with Crippen LogP contribution in [-0.2, 0) is 0 Å². The third-order valence-electron chi connectivity index (χ3n) is 3.35. The number of hydrogen-bond donors (Lipinski definition) is 1. The Labute approximate surface area is 136 Å². The molecule has 2 rings (SSSR count). The Balaban J connectivity index is 1.81. The summed E-state index contributed by atoms with van der Waals surface area (Å²) in [4.78, 5) is 12.1. The molecular weight excluding hydrogens is 294 g/mol. The summed E-state index contributed by atoms with van der Waals surface area (Å²) in [5.74, 6) is 2.08. The number of ether oxygens (including phenoxy) is 3. The zero-order valence-corrected chi connectivity index (χ0v) is 13.6. The Bertz CT molecular complexity index is 670. The minimum absolute atomic E-state index is 0.134. The van der Waals surface area contributed by atoms with Gasteiger partial charge in [0.2, 0.25) is 0 Å². The molecule has 122 valence electrons. The quantitative estimate of drug-likeness (QED) is 0.798. The molecule has 0 spiro atoms. The molecule has 2 aromatic rings. The van der Waals surface area contributed by atoms with Crippen LogP contribution in [0.3, 0.4) is 0 Å². The van der Waals surface area contributed by atoms with Crippen molar-refractivity contribution >= 4 is 5.91 Å². The molecule has 0 fully saturated rings. The first kappa shape index (κ1) is 16.7. The highest BCUT2D eigenvalue weighted by atomic mass is 16.5. The highest BCUT2D eigenvalue weighted by Gasteiger charge is 2.07. The van der Waals surface area contributed by atoms with Gasteiger partial charge >= 0.3 is 0 Å². The molecule has 0 aliphatic heterocycles. The first-order valence-corrected chi connectivity index (χ1v) is 7.33. The topological polar surface area (TPSA) is 56.8 Å². The fraction of sp³-hybridized carbons (Fsp3) is 0.278. The Morgan fingerprint density at radius 2 is 1.83 bits per heavy atom. The minimum Gasteiger partial charge on any atom is -0.497 e. The van der Waals surface area contributed by atoms with Crippen molar-refractivity contribution in [2.24, 2.45) is 0 Å². The van der Waals surface area contributed by atoms with Gasteiger partial charge in [0.25, 0.3) is 5.91 Å². The SMILES string of the molecule is COc1cccc(OCCNC(=O)c2ccc(OC)c(C)c2)c1. The average molecular weight is 315 g/mol. The van der Waals surface area contributed by atoms with E-state index in [1.165, 1.54) is 0 Å². The molecule has 5 nitrogen and oxygen atoms in total. The number of carbonyl (C=O) groups is 1. The van der Waals surface area contributed by atoms with Gasteiger partial charge in [0.1, 0.15) is 23.9 Å². The maximum atomic E-state index is 12.1. The van der Waals surface area contributed by atoms with E-state index in [-0.39, 0.29) is 5.91 Å². The zero-order chi connectivity index (χ0) is 16.7. The first-order valence-electron chi connectivity index (χ1n) is 7.33. The van der Waals surface area contributed by atoms with E-state index >= 15 is 0 Å². The van der Waals surface area contributed by atoms with Crippen LogP contribution in [0.1, 0.15) is 15.9 Å². The Morgan fingerprint density at radius 1 is 1.04 bits per heavy atom. The maximum absolute atomic E-state index is 12.1. The molecule has 0 bridgehead atoms. The number of benzene rings is 2. The van der Waals surface area contributed by atoms with Gasteiger partial charge in [0.15, 0.2) is 0 Å². The molecule has 0 saturated carbocycles. The molecular formula is C18H21NO4. The lowest BCUT2D eigenvalue weighted by Crippen LogP contribution is -2.28. The van der Waals surface area contributed by atoms with Crippen molar-refractivity contribution in [2.45, 2.75) is 6.92 Å². The molecule has 0 heterocycles. The number of aryl methyl sites for hydroxylation is 1. The van der Waals surface area contributed by atoms with Crippen molar-refractivity contribution in [1.29, 1.82) is 0 Å². The van der Waals surface area contributed by atoms with Gasteiger partial charge in [-0.05, 0) is 42.8 Å². The van der Waals surface area contributed by atoms with Gasteiger partial charge < -0.3 is 19.5 Å². The Kier molecular flexibility index (Phi) is 5.86. The monoisotopic (exact) mass is 315 g/mol. The first-order chi connectivity index (χ1) is 11.1. The predicted molar refractivity (Wildman–Crippen MR) is 88.6 cm³/mol. The second-order valence-electron chi connectivity index (χ2n) is 4.97. The van der Waals surface area contributed by atoms with Crippen molar-refractivity contribution in [3.63, 3.8) is 0 Å². The molecule has 0 atom stereocenters. The van der Waals surface area contributed by atoms with E-state index in [1.807, 2.05) is 25.1 Å². The second-order valence-corrected chi connectivity index (χ2v) is 4.97. The average Bonchev–Trinajstić information content (AvgIpc) is 2.58. The van der Waals surface area contributed by atoms with Crippen LogP contribution in [0.15, 0.2) is 42.5 Å². The van der Waals surface area contributed by atoms with Crippen molar-refractivity contribution in [1.82, 2.24) is 5.32 Å². The van der Waals surface area contributed by atoms with E-state index in [1.54, 1.807) is 38.5 Å². The highest BCUT2D eigenvalue weighted by Crippen LogP contribution is 2.19. The molecule has 0 radical (unpaired) electrons. The smallest absolute Gasteiger partial charge is 0.251 e. The predicted octanol–water partition coefficient (Wildman–Crippen LogP) is 2.82. The van der Waals surface area contributed by atoms with Gasteiger partial charge in [-0.1, -0.05) is 6.07 Å². The van der Waals surface area contributed by atoms with E-state index in [2.05, 4.69) is 5.32 Å². The summed E-state index contributed by atoms with van der Waals surface area (Å²) < 4.78 is 15.9. The summed E-state index contributed by atoms with van der Waals surface area (Å²) in [5, 5.41) is 2.83. The van der Waals surface area contributed by atoms with Gasteiger partial charge in [-0.25, -0.2) is 0 Å². The Hall–Kier alpha value is -2.69. The van der Waals surface area contributed by atoms with Gasteiger partial charge in [-0.15, -0.1) is 0 Å². The molecule has 0 aliphatic rings. The fourth-order valence-electron chi connectivity index (χ4n) is 2.15. The van der Waals surface area contributed by atoms with Gasteiger partial charge in [-0.3, -0.25) is 4.79 Å². The summed E-state index contributed by atoms with van der Waals surface area (Å²) in [6.45, 7) is 2.71. The van der Waals surface area contributed by atoms with Crippen molar-refractivity contribution < 1.29 is 19.0 Å². The molecule has 5 heteroatoms. The van der Waals surface area contributed by atoms with Crippen molar-refractivity contribution in [2.75, 3.05) is 27.4 Å². The molecule has 23 heavy (non-hydrogen) atoms. The van der Waals surface area contributed by atoms with Crippen LogP contribution in [-0.4, -0.2) is 33.3 Å². The number of rotatable bonds is 7. The lowest BCUT2D eigenvalue weighted by molar-refractivity contribution is 0.0947. The molecule has 0 aliphatic carbocycles. The van der Waals surface area contributed by atoms with E-state index in [0.717, 1.165) is 17.1 Å². The minimum atomic E-state index is -0.134. The lowest BCUT2D eigenvalue weighted by atomic mass is 10.1. The van der Waals surface area contributed by atoms with E-state index < -0.39 is 0 Å². The van der Waals surface area contributed by atoms with Crippen LogP contribution in [0.4, 0.5) is 0 Å². The molecule has 0 aromatic heterocycles. The van der Waals surface area contributed by atoms with Gasteiger partial charge in [-0.2, -0.15) is 0 Å². The number of hydrogen-bond acceptors (Lipinski definition) is 4. The lowest BCUT2D eigenvalue weighted by Gasteiger charge is -2.10. The summed E-state index contributed by atoms with van der Waals surface area (Å²) in [5.41, 5.74) is 1.53. The number of nitrogens with one attached hydrogen (secondary N) is 1. The standard InChI is InChI=1S/C18H21NO4/c1-13-11-14(7-8-17(13)22-3)18(20)19-9-10-23-16-6-4-5-15(12-16)21-2/h4-8,11-12H,9-10H2,1-3H3,(H,19,20). The largest absolute Gasteiger partial charge is 0.497 e. The zero-order valence-electron chi connectivity index (χ0n) is 13.6. The third kappa shape index (κ3) is 4.64. The summed E-state index contributed by atoms with van der Waals surface area (Å²) in [7, 11) is 3.22. The maximum Gasteiger partial charge on any atom is 0.251 e. The van der Waals surface area contributed by atoms with Crippen LogP contribution in [0.5, 0.6) is 17.2 Å².